The van der Waals surface area contributed by atoms with Crippen LogP contribution >= 0.6 is 24.0 Å². The zero-order valence-corrected chi connectivity index (χ0v) is 19.2. The number of hydrogen-bond donors (Lipinski definition) is 2. The summed E-state index contributed by atoms with van der Waals surface area (Å²) in [4.78, 5) is 4.83. The molecule has 3 atom stereocenters. The topological polar surface area (TPSA) is 68.0 Å². The van der Waals surface area contributed by atoms with E-state index < -0.39 is 0 Å². The van der Waals surface area contributed by atoms with Crippen LogP contribution in [0.3, 0.4) is 0 Å². The lowest BCUT2D eigenvalue weighted by Gasteiger charge is -2.59. The third-order valence-electron chi connectivity index (χ3n) is 6.36. The Morgan fingerprint density at radius 2 is 2.19 bits per heavy atom. The molecule has 1 aromatic rings. The van der Waals surface area contributed by atoms with Crippen molar-refractivity contribution in [2.24, 2.45) is 16.3 Å². The van der Waals surface area contributed by atoms with Gasteiger partial charge in [0.2, 0.25) is 0 Å². The highest BCUT2D eigenvalue weighted by Gasteiger charge is 2.58. The zero-order valence-electron chi connectivity index (χ0n) is 16.9. The number of ether oxygens (including phenoxy) is 2. The molecule has 0 spiro atoms. The molecular weight excluding hydrogens is 457 g/mol. The van der Waals surface area contributed by atoms with Crippen molar-refractivity contribution in [3.8, 4) is 0 Å². The molecule has 2 aliphatic rings. The lowest BCUT2D eigenvalue weighted by atomic mass is 9.56. The van der Waals surface area contributed by atoms with E-state index >= 15 is 0 Å². The summed E-state index contributed by atoms with van der Waals surface area (Å²) < 4.78 is 16.6. The molecule has 1 saturated heterocycles. The predicted molar refractivity (Wildman–Crippen MR) is 118 cm³/mol. The van der Waals surface area contributed by atoms with Crippen molar-refractivity contribution < 1.29 is 13.9 Å². The average Bonchev–Trinajstić information content (AvgIpc) is 3.32. The summed E-state index contributed by atoms with van der Waals surface area (Å²) in [6.07, 6.45) is 4.62. The smallest absolute Gasteiger partial charge is 0.191 e. The van der Waals surface area contributed by atoms with E-state index in [1.807, 2.05) is 12.1 Å². The molecule has 1 aromatic heterocycles. The minimum atomic E-state index is -0.0940. The van der Waals surface area contributed by atoms with Crippen molar-refractivity contribution in [1.29, 1.82) is 0 Å². The van der Waals surface area contributed by atoms with E-state index in [-0.39, 0.29) is 35.0 Å². The van der Waals surface area contributed by atoms with Gasteiger partial charge in [0.15, 0.2) is 5.96 Å². The van der Waals surface area contributed by atoms with Gasteiger partial charge in [0, 0.05) is 50.6 Å². The normalized spacial score (nSPS) is 29.7. The average molecular weight is 491 g/mol. The number of guanidine groups is 1. The molecule has 0 aromatic carbocycles. The van der Waals surface area contributed by atoms with Crippen LogP contribution in [-0.4, -0.2) is 51.0 Å². The number of hydrogen-bond acceptors (Lipinski definition) is 4. The summed E-state index contributed by atoms with van der Waals surface area (Å²) in [6, 6.07) is 4.26. The number of aliphatic imine (C=N–C) groups is 1. The summed E-state index contributed by atoms with van der Waals surface area (Å²) in [5.74, 6) is 2.38. The fourth-order valence-electron chi connectivity index (χ4n) is 3.75. The van der Waals surface area contributed by atoms with E-state index in [4.69, 9.17) is 18.9 Å². The lowest BCUT2D eigenvalue weighted by molar-refractivity contribution is -0.176. The highest BCUT2D eigenvalue weighted by atomic mass is 127. The molecule has 3 unspecified atom stereocenters. The first-order chi connectivity index (χ1) is 12.4. The van der Waals surface area contributed by atoms with E-state index in [1.54, 1.807) is 13.4 Å². The Hall–Kier alpha value is -0.800. The summed E-state index contributed by atoms with van der Waals surface area (Å²) in [7, 11) is 1.80. The predicted octanol–water partition coefficient (Wildman–Crippen LogP) is 3.22. The summed E-state index contributed by atoms with van der Waals surface area (Å²) in [5, 5.41) is 7.09. The molecule has 2 N–H and O–H groups in total. The van der Waals surface area contributed by atoms with Crippen molar-refractivity contribution in [3.05, 3.63) is 24.2 Å². The van der Waals surface area contributed by atoms with E-state index in [1.165, 1.54) is 0 Å². The van der Waals surface area contributed by atoms with Gasteiger partial charge in [0.05, 0.1) is 18.5 Å². The van der Waals surface area contributed by atoms with Crippen LogP contribution in [0, 0.1) is 11.3 Å². The van der Waals surface area contributed by atoms with Crippen LogP contribution in [0.2, 0.25) is 0 Å². The lowest BCUT2D eigenvalue weighted by Crippen LogP contribution is -2.69. The molecule has 1 aliphatic heterocycles. The second-order valence-corrected chi connectivity index (χ2v) is 8.23. The van der Waals surface area contributed by atoms with Crippen LogP contribution in [-0.2, 0) is 15.9 Å². The van der Waals surface area contributed by atoms with Crippen molar-refractivity contribution >= 4 is 29.9 Å². The minimum absolute atomic E-state index is 0. The first kappa shape index (κ1) is 22.5. The van der Waals surface area contributed by atoms with Gasteiger partial charge in [-0.3, -0.25) is 4.99 Å². The Bertz CT molecular complexity index is 600. The first-order valence-electron chi connectivity index (χ1n) is 9.65. The molecular formula is C20H34IN3O3. The standard InChI is InChI=1S/C20H33N3O3.HI/c1-19(2)17(12-20(19,3)24-4)23-18(22-13-15-8-11-25-14-15)21-9-7-16-6-5-10-26-16;/h5-6,10,15,17H,7-9,11-14H2,1-4H3,(H2,21,22,23);1H. The molecule has 1 aliphatic carbocycles. The quantitative estimate of drug-likeness (QED) is 0.349. The number of rotatable bonds is 7. The van der Waals surface area contributed by atoms with Gasteiger partial charge in [-0.15, -0.1) is 24.0 Å². The van der Waals surface area contributed by atoms with Crippen molar-refractivity contribution in [3.63, 3.8) is 0 Å². The Labute approximate surface area is 179 Å². The van der Waals surface area contributed by atoms with E-state index in [9.17, 15) is 0 Å². The Kier molecular flexibility index (Phi) is 8.00. The summed E-state index contributed by atoms with van der Waals surface area (Å²) in [5.41, 5.74) is -0.0507. The van der Waals surface area contributed by atoms with Crippen molar-refractivity contribution in [1.82, 2.24) is 10.6 Å². The second kappa shape index (κ2) is 9.60. The molecule has 0 amide bonds. The fraction of sp³-hybridized carbons (Fsp3) is 0.750. The molecule has 0 bridgehead atoms. The zero-order chi connectivity index (χ0) is 18.6. The molecule has 2 heterocycles. The number of nitrogens with one attached hydrogen (secondary N) is 2. The molecule has 27 heavy (non-hydrogen) atoms. The second-order valence-electron chi connectivity index (χ2n) is 8.23. The number of nitrogens with zero attached hydrogens (tertiary/aromatic N) is 1. The van der Waals surface area contributed by atoms with E-state index in [0.717, 1.165) is 57.3 Å². The first-order valence-corrected chi connectivity index (χ1v) is 9.65. The number of methoxy groups -OCH3 is 1. The Morgan fingerprint density at radius 3 is 2.78 bits per heavy atom. The summed E-state index contributed by atoms with van der Waals surface area (Å²) in [6.45, 7) is 9.95. The molecule has 1 saturated carbocycles. The molecule has 7 heteroatoms. The molecule has 0 radical (unpaired) electrons. The van der Waals surface area contributed by atoms with E-state index in [0.29, 0.717) is 12.0 Å². The third kappa shape index (κ3) is 5.17. The van der Waals surface area contributed by atoms with E-state index in [2.05, 4.69) is 31.4 Å². The maximum atomic E-state index is 5.74. The fourth-order valence-corrected chi connectivity index (χ4v) is 3.75. The minimum Gasteiger partial charge on any atom is -0.469 e. The van der Waals surface area contributed by atoms with Crippen LogP contribution in [0.15, 0.2) is 27.8 Å². The van der Waals surface area contributed by atoms with Gasteiger partial charge >= 0.3 is 0 Å². The molecule has 2 fully saturated rings. The van der Waals surface area contributed by atoms with Gasteiger partial charge < -0.3 is 24.5 Å². The van der Waals surface area contributed by atoms with Gasteiger partial charge in [-0.2, -0.15) is 0 Å². The van der Waals surface area contributed by atoms with Gasteiger partial charge in [-0.1, -0.05) is 13.8 Å². The molecule has 3 rings (SSSR count). The highest BCUT2D eigenvalue weighted by molar-refractivity contribution is 14.0. The highest BCUT2D eigenvalue weighted by Crippen LogP contribution is 2.51. The monoisotopic (exact) mass is 491 g/mol. The number of halogens is 1. The maximum Gasteiger partial charge on any atom is 0.191 e. The summed E-state index contributed by atoms with van der Waals surface area (Å²) >= 11 is 0. The van der Waals surface area contributed by atoms with Crippen molar-refractivity contribution in [2.45, 2.75) is 51.7 Å². The third-order valence-corrected chi connectivity index (χ3v) is 6.36. The van der Waals surface area contributed by atoms with Gasteiger partial charge in [0.1, 0.15) is 5.76 Å². The van der Waals surface area contributed by atoms with Gasteiger partial charge in [-0.05, 0) is 31.9 Å². The number of furan rings is 1. The van der Waals surface area contributed by atoms with Crippen LogP contribution in [0.25, 0.3) is 0 Å². The molecule has 154 valence electrons. The van der Waals surface area contributed by atoms with Crippen molar-refractivity contribution in [2.75, 3.05) is 33.4 Å². The SMILES string of the molecule is COC1(C)CC(NC(=NCC2CCOC2)NCCc2ccco2)C1(C)C.I. The van der Waals surface area contributed by atoms with Gasteiger partial charge in [0.25, 0.3) is 0 Å². The van der Waals surface area contributed by atoms with Crippen LogP contribution in [0.1, 0.15) is 39.4 Å². The molecule has 6 nitrogen and oxygen atoms in total. The van der Waals surface area contributed by atoms with Crippen LogP contribution < -0.4 is 10.6 Å². The van der Waals surface area contributed by atoms with Gasteiger partial charge in [-0.25, -0.2) is 0 Å². The Morgan fingerprint density at radius 1 is 1.37 bits per heavy atom. The largest absolute Gasteiger partial charge is 0.469 e. The van der Waals surface area contributed by atoms with Crippen LogP contribution in [0.5, 0.6) is 0 Å². The van der Waals surface area contributed by atoms with Crippen LogP contribution in [0.4, 0.5) is 0 Å². The Balaban J connectivity index is 0.00000261. The maximum absolute atomic E-state index is 5.74.